The Morgan fingerprint density at radius 1 is 1.33 bits per heavy atom. The summed E-state index contributed by atoms with van der Waals surface area (Å²) >= 11 is 7.26. The quantitative estimate of drug-likeness (QED) is 0.759. The molecule has 0 bridgehead atoms. The molecule has 0 N–H and O–H groups in total. The zero-order valence-electron chi connectivity index (χ0n) is 10.1. The van der Waals surface area contributed by atoms with Crippen LogP contribution in [0.25, 0.3) is 0 Å². The molecule has 0 fully saturated rings. The van der Waals surface area contributed by atoms with Crippen LogP contribution in [0.2, 0.25) is 0 Å². The molecule has 1 heterocycles. The Balaban J connectivity index is 1.94. The smallest absolute Gasteiger partial charge is 0.140 e. The van der Waals surface area contributed by atoms with Gasteiger partial charge in [0.05, 0.1) is 18.2 Å². The van der Waals surface area contributed by atoms with Crippen molar-refractivity contribution in [2.45, 2.75) is 19.1 Å². The van der Waals surface area contributed by atoms with Gasteiger partial charge in [0.1, 0.15) is 17.4 Å². The van der Waals surface area contributed by atoms with Gasteiger partial charge in [0.2, 0.25) is 0 Å². The summed E-state index contributed by atoms with van der Waals surface area (Å²) in [6.45, 7) is 1.06. The van der Waals surface area contributed by atoms with Gasteiger partial charge in [-0.15, -0.1) is 22.9 Å². The fourth-order valence-electron chi connectivity index (χ4n) is 1.51. The first-order valence-electron chi connectivity index (χ1n) is 5.51. The minimum Gasteiger partial charge on any atom is -0.486 e. The molecule has 0 saturated heterocycles. The lowest BCUT2D eigenvalue weighted by atomic mass is 10.2. The number of halogens is 1. The lowest BCUT2D eigenvalue weighted by Crippen LogP contribution is -1.96. The second kappa shape index (κ2) is 6.73. The van der Waals surface area contributed by atoms with E-state index in [1.54, 1.807) is 18.4 Å². The number of aromatic nitrogens is 1. The normalized spacial score (nSPS) is 10.6. The summed E-state index contributed by atoms with van der Waals surface area (Å²) in [7, 11) is 1.68. The Hall–Kier alpha value is -1.10. The summed E-state index contributed by atoms with van der Waals surface area (Å²) in [5.74, 6) is 1.27. The minimum atomic E-state index is 0.444. The average molecular weight is 284 g/mol. The van der Waals surface area contributed by atoms with Crippen molar-refractivity contribution in [3.63, 3.8) is 0 Å². The van der Waals surface area contributed by atoms with Crippen molar-refractivity contribution in [3.8, 4) is 5.75 Å². The van der Waals surface area contributed by atoms with Crippen molar-refractivity contribution in [1.82, 2.24) is 4.98 Å². The first-order valence-corrected chi connectivity index (χ1v) is 6.93. The third-order valence-electron chi connectivity index (χ3n) is 2.31. The summed E-state index contributed by atoms with van der Waals surface area (Å²) in [5.41, 5.74) is 1.99. The van der Waals surface area contributed by atoms with Crippen molar-refractivity contribution >= 4 is 22.9 Å². The first kappa shape index (κ1) is 13.3. The lowest BCUT2D eigenvalue weighted by Gasteiger charge is -2.06. The minimum absolute atomic E-state index is 0.444. The number of benzene rings is 1. The number of hydrogen-bond donors (Lipinski definition) is 0. The van der Waals surface area contributed by atoms with Gasteiger partial charge in [0, 0.05) is 12.5 Å². The molecule has 0 spiro atoms. The van der Waals surface area contributed by atoms with Crippen molar-refractivity contribution in [2.75, 3.05) is 7.11 Å². The van der Waals surface area contributed by atoms with Gasteiger partial charge in [-0.3, -0.25) is 0 Å². The molecule has 5 heteroatoms. The molecule has 2 rings (SSSR count). The van der Waals surface area contributed by atoms with Crippen molar-refractivity contribution < 1.29 is 9.47 Å². The maximum Gasteiger partial charge on any atom is 0.140 e. The van der Waals surface area contributed by atoms with Gasteiger partial charge < -0.3 is 9.47 Å². The summed E-state index contributed by atoms with van der Waals surface area (Å²) < 4.78 is 10.8. The fourth-order valence-corrected chi connectivity index (χ4v) is 2.45. The lowest BCUT2D eigenvalue weighted by molar-refractivity contribution is 0.184. The molecule has 0 aliphatic rings. The number of thiazole rings is 1. The van der Waals surface area contributed by atoms with Gasteiger partial charge in [-0.25, -0.2) is 4.98 Å². The number of rotatable bonds is 6. The van der Waals surface area contributed by atoms with E-state index in [9.17, 15) is 0 Å². The predicted molar refractivity (Wildman–Crippen MR) is 73.2 cm³/mol. The summed E-state index contributed by atoms with van der Waals surface area (Å²) in [6.07, 6.45) is 0. The van der Waals surface area contributed by atoms with Gasteiger partial charge >= 0.3 is 0 Å². The molecule has 0 saturated carbocycles. The molecule has 0 amide bonds. The van der Waals surface area contributed by atoms with Crippen LogP contribution in [0.1, 0.15) is 16.3 Å². The van der Waals surface area contributed by atoms with Crippen LogP contribution in [-0.2, 0) is 23.8 Å². The van der Waals surface area contributed by atoms with Crippen molar-refractivity contribution in [1.29, 1.82) is 0 Å². The van der Waals surface area contributed by atoms with E-state index in [0.29, 0.717) is 19.1 Å². The van der Waals surface area contributed by atoms with Gasteiger partial charge in [-0.05, 0) is 17.7 Å². The highest BCUT2D eigenvalue weighted by atomic mass is 35.5. The first-order chi connectivity index (χ1) is 8.81. The molecule has 18 heavy (non-hydrogen) atoms. The number of hydrogen-bond acceptors (Lipinski definition) is 4. The molecule has 1 aromatic carbocycles. The zero-order chi connectivity index (χ0) is 12.8. The largest absolute Gasteiger partial charge is 0.486 e. The average Bonchev–Trinajstić information content (AvgIpc) is 2.85. The van der Waals surface area contributed by atoms with Crippen LogP contribution in [0, 0.1) is 0 Å². The second-order valence-electron chi connectivity index (χ2n) is 3.74. The predicted octanol–water partition coefficient (Wildman–Crippen LogP) is 3.61. The summed E-state index contributed by atoms with van der Waals surface area (Å²) in [4.78, 5) is 4.34. The van der Waals surface area contributed by atoms with E-state index in [4.69, 9.17) is 21.1 Å². The standard InChI is InChI=1S/C13H14ClNO2S/c1-16-7-10-3-2-4-12(5-10)17-8-13-15-11(6-14)9-18-13/h2-5,9H,6-8H2,1H3. The third kappa shape index (κ3) is 3.70. The monoisotopic (exact) mass is 283 g/mol. The Morgan fingerprint density at radius 3 is 2.94 bits per heavy atom. The molecule has 0 aliphatic heterocycles. The molecule has 1 aromatic heterocycles. The van der Waals surface area contributed by atoms with E-state index < -0.39 is 0 Å². The Labute approximate surface area is 115 Å². The number of methoxy groups -OCH3 is 1. The van der Waals surface area contributed by atoms with E-state index in [2.05, 4.69) is 4.98 Å². The van der Waals surface area contributed by atoms with Crippen LogP contribution in [0.3, 0.4) is 0 Å². The highest BCUT2D eigenvalue weighted by molar-refractivity contribution is 7.09. The zero-order valence-corrected chi connectivity index (χ0v) is 11.6. The molecular formula is C13H14ClNO2S. The molecule has 2 aromatic rings. The summed E-state index contributed by atoms with van der Waals surface area (Å²) in [6, 6.07) is 7.86. The highest BCUT2D eigenvalue weighted by Gasteiger charge is 2.02. The maximum absolute atomic E-state index is 5.70. The number of alkyl halides is 1. The Morgan fingerprint density at radius 2 is 2.22 bits per heavy atom. The molecular weight excluding hydrogens is 270 g/mol. The maximum atomic E-state index is 5.70. The van der Waals surface area contributed by atoms with E-state index >= 15 is 0 Å². The van der Waals surface area contributed by atoms with Crippen LogP contribution >= 0.6 is 22.9 Å². The molecule has 3 nitrogen and oxygen atoms in total. The van der Waals surface area contributed by atoms with Crippen LogP contribution in [0.15, 0.2) is 29.6 Å². The van der Waals surface area contributed by atoms with Crippen molar-refractivity contribution in [2.24, 2.45) is 0 Å². The molecule has 0 aliphatic carbocycles. The number of ether oxygens (including phenoxy) is 2. The topological polar surface area (TPSA) is 31.4 Å². The number of nitrogens with zero attached hydrogens (tertiary/aromatic N) is 1. The molecule has 0 atom stereocenters. The second-order valence-corrected chi connectivity index (χ2v) is 4.95. The van der Waals surface area contributed by atoms with Crippen LogP contribution in [0.4, 0.5) is 0 Å². The van der Waals surface area contributed by atoms with Crippen LogP contribution in [0.5, 0.6) is 5.75 Å². The fraction of sp³-hybridized carbons (Fsp3) is 0.308. The van der Waals surface area contributed by atoms with Gasteiger partial charge in [0.25, 0.3) is 0 Å². The molecule has 0 unspecified atom stereocenters. The third-order valence-corrected chi connectivity index (χ3v) is 3.45. The van der Waals surface area contributed by atoms with E-state index in [0.717, 1.165) is 22.0 Å². The highest BCUT2D eigenvalue weighted by Crippen LogP contribution is 2.17. The van der Waals surface area contributed by atoms with Crippen molar-refractivity contribution in [3.05, 3.63) is 45.9 Å². The van der Waals surface area contributed by atoms with E-state index in [1.807, 2.05) is 29.6 Å². The van der Waals surface area contributed by atoms with Crippen LogP contribution in [-0.4, -0.2) is 12.1 Å². The van der Waals surface area contributed by atoms with E-state index in [-0.39, 0.29) is 0 Å². The van der Waals surface area contributed by atoms with Gasteiger partial charge in [-0.2, -0.15) is 0 Å². The van der Waals surface area contributed by atoms with Crippen LogP contribution < -0.4 is 4.74 Å². The molecule has 96 valence electrons. The Kier molecular flexibility index (Phi) is 4.99. The molecule has 0 radical (unpaired) electrons. The van der Waals surface area contributed by atoms with Gasteiger partial charge in [0.15, 0.2) is 0 Å². The SMILES string of the molecule is COCc1cccc(OCc2nc(CCl)cs2)c1. The Bertz CT molecular complexity index is 501. The van der Waals surface area contributed by atoms with E-state index in [1.165, 1.54) is 0 Å². The summed E-state index contributed by atoms with van der Waals surface area (Å²) in [5, 5.41) is 2.88. The van der Waals surface area contributed by atoms with Gasteiger partial charge in [-0.1, -0.05) is 12.1 Å².